The number of nitrogens with zero attached hydrogens (tertiary/aromatic N) is 1. The Kier molecular flexibility index (Phi) is 7.62. The third-order valence-electron chi connectivity index (χ3n) is 3.61. The highest BCUT2D eigenvalue weighted by molar-refractivity contribution is 9.13. The molecule has 0 aliphatic rings. The van der Waals surface area contributed by atoms with Crippen LogP contribution in [0.1, 0.15) is 11.1 Å². The third-order valence-corrected chi connectivity index (χ3v) is 8.40. The first kappa shape index (κ1) is 22.5. The Balaban J connectivity index is 2.43. The molecule has 0 bridgehead atoms. The van der Waals surface area contributed by atoms with Crippen molar-refractivity contribution >= 4 is 81.1 Å². The number of hydrazine groups is 1. The first-order chi connectivity index (χ1) is 12.6. The van der Waals surface area contributed by atoms with Crippen LogP contribution in [0.5, 0.6) is 23.0 Å². The van der Waals surface area contributed by atoms with Gasteiger partial charge in [0.2, 0.25) is 0 Å². The third kappa shape index (κ3) is 4.80. The van der Waals surface area contributed by atoms with Crippen LogP contribution in [0.15, 0.2) is 30.0 Å². The molecule has 0 amide bonds. The molecule has 0 atom stereocenters. The highest BCUT2D eigenvalue weighted by Crippen LogP contribution is 2.43. The molecule has 146 valence electrons. The van der Waals surface area contributed by atoms with Gasteiger partial charge in [0.15, 0.2) is 28.1 Å². The Labute approximate surface area is 193 Å². The number of aromatic hydroxyl groups is 4. The Morgan fingerprint density at radius 1 is 0.852 bits per heavy atom. The second kappa shape index (κ2) is 9.14. The van der Waals surface area contributed by atoms with E-state index in [9.17, 15) is 20.4 Å². The first-order valence-electron chi connectivity index (χ1n) is 7.11. The lowest BCUT2D eigenvalue weighted by atomic mass is 10.1. The Bertz CT molecular complexity index is 848. The fourth-order valence-corrected chi connectivity index (χ4v) is 4.14. The molecule has 7 N–H and O–H groups in total. The minimum atomic E-state index is -0.294. The SMILES string of the molecule is NNC(=S)N(Cc1cc(O)c(O)c(Br)c1Br)Cc1cc(O)c(O)c(Br)c1Br. The number of nitrogens with two attached hydrogens (primary N) is 1. The van der Waals surface area contributed by atoms with Gasteiger partial charge in [0, 0.05) is 22.0 Å². The van der Waals surface area contributed by atoms with Crippen molar-refractivity contribution in [2.24, 2.45) is 5.84 Å². The van der Waals surface area contributed by atoms with E-state index >= 15 is 0 Å². The number of benzene rings is 2. The largest absolute Gasteiger partial charge is 0.504 e. The van der Waals surface area contributed by atoms with Crippen molar-refractivity contribution in [2.45, 2.75) is 13.1 Å². The molecule has 0 heterocycles. The van der Waals surface area contributed by atoms with Crippen molar-refractivity contribution in [2.75, 3.05) is 0 Å². The molecule has 0 aliphatic carbocycles. The highest BCUT2D eigenvalue weighted by atomic mass is 79.9. The van der Waals surface area contributed by atoms with Crippen LogP contribution in [0.4, 0.5) is 0 Å². The summed E-state index contributed by atoms with van der Waals surface area (Å²) in [6, 6.07) is 2.80. The van der Waals surface area contributed by atoms with Crippen LogP contribution in [0, 0.1) is 0 Å². The van der Waals surface area contributed by atoms with Crippen LogP contribution in [0.3, 0.4) is 0 Å². The molecule has 2 aromatic carbocycles. The molecule has 0 aliphatic heterocycles. The maximum atomic E-state index is 9.88. The molecule has 7 nitrogen and oxygen atoms in total. The lowest BCUT2D eigenvalue weighted by Gasteiger charge is -2.26. The zero-order valence-corrected chi connectivity index (χ0v) is 20.5. The summed E-state index contributed by atoms with van der Waals surface area (Å²) >= 11 is 18.4. The van der Waals surface area contributed by atoms with Crippen LogP contribution in [-0.4, -0.2) is 30.4 Å². The van der Waals surface area contributed by atoms with Gasteiger partial charge in [-0.05, 0) is 99.2 Å². The average molecular weight is 651 g/mol. The van der Waals surface area contributed by atoms with E-state index in [4.69, 9.17) is 18.1 Å². The van der Waals surface area contributed by atoms with Crippen molar-refractivity contribution in [3.05, 3.63) is 41.2 Å². The lowest BCUT2D eigenvalue weighted by molar-refractivity contribution is 0.381. The summed E-state index contributed by atoms with van der Waals surface area (Å²) in [6.45, 7) is 0.420. The molecule has 0 aromatic heterocycles. The first-order valence-corrected chi connectivity index (χ1v) is 10.7. The van der Waals surface area contributed by atoms with Gasteiger partial charge in [0.1, 0.15) is 0 Å². The molecule has 0 radical (unpaired) electrons. The molecule has 12 heteroatoms. The molecule has 0 unspecified atom stereocenters. The summed E-state index contributed by atoms with van der Waals surface area (Å²) < 4.78 is 1.68. The monoisotopic (exact) mass is 647 g/mol. The van der Waals surface area contributed by atoms with Gasteiger partial charge in [-0.1, -0.05) is 0 Å². The fourth-order valence-electron chi connectivity index (χ4n) is 2.24. The van der Waals surface area contributed by atoms with Crippen molar-refractivity contribution in [1.82, 2.24) is 10.3 Å². The summed E-state index contributed by atoms with van der Waals surface area (Å²) in [5.74, 6) is 4.31. The van der Waals surface area contributed by atoms with Crippen LogP contribution < -0.4 is 11.3 Å². The highest BCUT2D eigenvalue weighted by Gasteiger charge is 2.20. The predicted octanol–water partition coefficient (Wildman–Crippen LogP) is 4.31. The van der Waals surface area contributed by atoms with Gasteiger partial charge in [0.25, 0.3) is 0 Å². The Morgan fingerprint density at radius 3 is 1.56 bits per heavy atom. The molecule has 0 fully saturated rings. The summed E-state index contributed by atoms with van der Waals surface area (Å²) in [7, 11) is 0. The maximum absolute atomic E-state index is 9.88. The normalized spacial score (nSPS) is 10.7. The van der Waals surface area contributed by atoms with Crippen molar-refractivity contribution < 1.29 is 20.4 Å². The number of phenols is 4. The fraction of sp³-hybridized carbons (Fsp3) is 0.133. The number of hydrogen-bond acceptors (Lipinski definition) is 6. The predicted molar refractivity (Wildman–Crippen MR) is 120 cm³/mol. The number of rotatable bonds is 4. The molecular formula is C15H13Br4N3O4S. The summed E-state index contributed by atoms with van der Waals surface area (Å²) in [5, 5.41) is 39.6. The standard InChI is InChI=1S/C15H13Br4N3O4S/c16-9-5(1-7(23)13(25)11(9)18)3-22(15(27)21-20)4-6-2-8(24)14(26)12(19)10(6)17/h1-2,23-26H,3-4,20H2,(H,21,27). The maximum Gasteiger partial charge on any atom is 0.183 e. The summed E-state index contributed by atoms with van der Waals surface area (Å²) in [6.07, 6.45) is 0. The number of thiocarbonyl (C=S) groups is 1. The number of nitrogens with one attached hydrogen (secondary N) is 1. The molecule has 2 aromatic rings. The van der Waals surface area contributed by atoms with Gasteiger partial charge < -0.3 is 30.8 Å². The van der Waals surface area contributed by atoms with E-state index in [1.54, 1.807) is 4.90 Å². The van der Waals surface area contributed by atoms with E-state index in [0.717, 1.165) is 0 Å². The van der Waals surface area contributed by atoms with E-state index in [1.807, 2.05) is 0 Å². The van der Waals surface area contributed by atoms with Gasteiger partial charge in [-0.2, -0.15) is 0 Å². The summed E-state index contributed by atoms with van der Waals surface area (Å²) in [5.41, 5.74) is 3.64. The van der Waals surface area contributed by atoms with E-state index < -0.39 is 0 Å². The average Bonchev–Trinajstić information content (AvgIpc) is 2.65. The van der Waals surface area contributed by atoms with Crippen LogP contribution in [0.25, 0.3) is 0 Å². The molecule has 2 rings (SSSR count). The van der Waals surface area contributed by atoms with Gasteiger partial charge in [-0.25, -0.2) is 5.84 Å². The molecule has 0 saturated heterocycles. The van der Waals surface area contributed by atoms with Gasteiger partial charge >= 0.3 is 0 Å². The van der Waals surface area contributed by atoms with Crippen LogP contribution in [-0.2, 0) is 13.1 Å². The lowest BCUT2D eigenvalue weighted by Crippen LogP contribution is -2.42. The second-order valence-corrected chi connectivity index (χ2v) is 8.93. The molecule has 0 spiro atoms. The molecule has 27 heavy (non-hydrogen) atoms. The van der Waals surface area contributed by atoms with E-state index in [0.29, 0.717) is 29.0 Å². The van der Waals surface area contributed by atoms with Crippen LogP contribution >= 0.6 is 75.9 Å². The minimum absolute atomic E-state index is 0.209. The number of hydrogen-bond donors (Lipinski definition) is 6. The zero-order valence-electron chi connectivity index (χ0n) is 13.3. The zero-order chi connectivity index (χ0) is 20.5. The van der Waals surface area contributed by atoms with Crippen molar-refractivity contribution in [1.29, 1.82) is 0 Å². The van der Waals surface area contributed by atoms with Crippen LogP contribution in [0.2, 0.25) is 0 Å². The van der Waals surface area contributed by atoms with E-state index in [2.05, 4.69) is 69.1 Å². The van der Waals surface area contributed by atoms with E-state index in [1.165, 1.54) is 12.1 Å². The van der Waals surface area contributed by atoms with Gasteiger partial charge in [0.05, 0.1) is 8.95 Å². The van der Waals surface area contributed by atoms with Crippen molar-refractivity contribution in [3.63, 3.8) is 0 Å². The molecule has 0 saturated carbocycles. The minimum Gasteiger partial charge on any atom is -0.504 e. The number of halogens is 4. The van der Waals surface area contributed by atoms with Crippen molar-refractivity contribution in [3.8, 4) is 23.0 Å². The van der Waals surface area contributed by atoms with E-state index in [-0.39, 0.29) is 41.2 Å². The smallest absolute Gasteiger partial charge is 0.183 e. The van der Waals surface area contributed by atoms with Gasteiger partial charge in [-0.15, -0.1) is 0 Å². The van der Waals surface area contributed by atoms with Gasteiger partial charge in [-0.3, -0.25) is 0 Å². The Morgan fingerprint density at radius 2 is 1.22 bits per heavy atom. The second-order valence-electron chi connectivity index (χ2n) is 5.37. The quantitative estimate of drug-likeness (QED) is 0.125. The summed E-state index contributed by atoms with van der Waals surface area (Å²) in [4.78, 5) is 1.67. The topological polar surface area (TPSA) is 122 Å². The Hall–Kier alpha value is -0.790. The number of phenolic OH excluding ortho intramolecular Hbond substituents is 4. The molecular weight excluding hydrogens is 638 g/mol.